The zero-order valence-corrected chi connectivity index (χ0v) is 22.3. The Balaban J connectivity index is 1.85. The van der Waals surface area contributed by atoms with E-state index in [9.17, 15) is 13.2 Å². The molecule has 1 amide bonds. The summed E-state index contributed by atoms with van der Waals surface area (Å²) in [6, 6.07) is 18.1. The number of hydrazone groups is 1. The number of hydrogen-bond acceptors (Lipinski definition) is 8. The normalized spacial score (nSPS) is 11.0. The summed E-state index contributed by atoms with van der Waals surface area (Å²) in [7, 11) is -1.32. The number of anilines is 1. The third-order valence-corrected chi connectivity index (χ3v) is 7.08. The van der Waals surface area contributed by atoms with E-state index in [4.69, 9.17) is 19.5 Å². The number of sulfonamides is 1. The van der Waals surface area contributed by atoms with Gasteiger partial charge in [0.05, 0.1) is 31.0 Å². The lowest BCUT2D eigenvalue weighted by molar-refractivity contribution is -0.119. The Bertz CT molecular complexity index is 1440. The molecule has 0 aliphatic rings. The molecule has 0 aliphatic heterocycles. The average molecular weight is 537 g/mol. The molecule has 10 nitrogen and oxygen atoms in total. The highest BCUT2D eigenvalue weighted by Crippen LogP contribution is 2.32. The third kappa shape index (κ3) is 7.02. The minimum Gasteiger partial charge on any atom is -0.493 e. The highest BCUT2D eigenvalue weighted by atomic mass is 32.2. The van der Waals surface area contributed by atoms with Crippen molar-refractivity contribution in [1.29, 1.82) is 5.26 Å². The Labute approximate surface area is 222 Å². The number of ether oxygens (including phenoxy) is 3. The molecule has 38 heavy (non-hydrogen) atoms. The van der Waals surface area contributed by atoms with Gasteiger partial charge in [0.25, 0.3) is 15.9 Å². The van der Waals surface area contributed by atoms with Gasteiger partial charge in [-0.2, -0.15) is 10.4 Å². The van der Waals surface area contributed by atoms with Gasteiger partial charge >= 0.3 is 0 Å². The summed E-state index contributed by atoms with van der Waals surface area (Å²) in [5.74, 6) is 0.504. The number of methoxy groups -OCH3 is 2. The molecule has 3 aromatic rings. The van der Waals surface area contributed by atoms with Gasteiger partial charge in [-0.25, -0.2) is 13.8 Å². The number of rotatable bonds is 11. The van der Waals surface area contributed by atoms with Crippen LogP contribution >= 0.6 is 0 Å². The van der Waals surface area contributed by atoms with Gasteiger partial charge in [-0.05, 0) is 79.1 Å². The maximum atomic E-state index is 13.7. The van der Waals surface area contributed by atoms with E-state index in [1.54, 1.807) is 36.4 Å². The van der Waals surface area contributed by atoms with E-state index in [2.05, 4.69) is 10.5 Å². The van der Waals surface area contributed by atoms with Crippen LogP contribution in [0.2, 0.25) is 0 Å². The fourth-order valence-electron chi connectivity index (χ4n) is 3.62. The fraction of sp³-hybridized carbons (Fsp3) is 0.222. The molecule has 0 radical (unpaired) electrons. The monoisotopic (exact) mass is 536 g/mol. The molecule has 11 heteroatoms. The molecule has 0 aliphatic carbocycles. The molecule has 198 valence electrons. The molecule has 0 fully saturated rings. The molecule has 3 aromatic carbocycles. The van der Waals surface area contributed by atoms with Crippen molar-refractivity contribution in [3.8, 4) is 23.3 Å². The summed E-state index contributed by atoms with van der Waals surface area (Å²) >= 11 is 0. The Morgan fingerprint density at radius 1 is 1.00 bits per heavy atom. The van der Waals surface area contributed by atoms with Gasteiger partial charge in [-0.3, -0.25) is 9.10 Å². The largest absolute Gasteiger partial charge is 0.493 e. The van der Waals surface area contributed by atoms with Crippen LogP contribution in [0.3, 0.4) is 0 Å². The van der Waals surface area contributed by atoms with Gasteiger partial charge in [0.1, 0.15) is 18.4 Å². The number of amides is 1. The first kappa shape index (κ1) is 28.0. The summed E-state index contributed by atoms with van der Waals surface area (Å²) < 4.78 is 44.2. The van der Waals surface area contributed by atoms with E-state index in [0.29, 0.717) is 22.7 Å². The van der Waals surface area contributed by atoms with Gasteiger partial charge in [0, 0.05) is 6.07 Å². The summed E-state index contributed by atoms with van der Waals surface area (Å²) in [5.41, 5.74) is 5.06. The predicted octanol–water partition coefficient (Wildman–Crippen LogP) is 3.57. The summed E-state index contributed by atoms with van der Waals surface area (Å²) in [6.07, 6.45) is 1.41. The number of hydrogen-bond donors (Lipinski definition) is 1. The molecule has 0 spiro atoms. The molecular weight excluding hydrogens is 508 g/mol. The van der Waals surface area contributed by atoms with Gasteiger partial charge < -0.3 is 14.2 Å². The van der Waals surface area contributed by atoms with Crippen molar-refractivity contribution in [2.24, 2.45) is 5.10 Å². The molecule has 0 atom stereocenters. The van der Waals surface area contributed by atoms with Crippen LogP contribution in [-0.2, 0) is 14.8 Å². The Morgan fingerprint density at radius 3 is 2.26 bits per heavy atom. The zero-order chi connectivity index (χ0) is 27.7. The van der Waals surface area contributed by atoms with Crippen molar-refractivity contribution < 1.29 is 27.4 Å². The minimum atomic E-state index is -4.18. The number of nitrogens with one attached hydrogen (secondary N) is 1. The molecule has 0 unspecified atom stereocenters. The number of nitriles is 1. The van der Waals surface area contributed by atoms with Crippen molar-refractivity contribution in [3.63, 3.8) is 0 Å². The molecule has 0 saturated heterocycles. The quantitative estimate of drug-likeness (QED) is 0.293. The van der Waals surface area contributed by atoms with Crippen molar-refractivity contribution in [1.82, 2.24) is 5.43 Å². The topological polar surface area (TPSA) is 130 Å². The number of aryl methyl sites for hydroxylation is 2. The second kappa shape index (κ2) is 12.6. The Morgan fingerprint density at radius 2 is 1.66 bits per heavy atom. The smallest absolute Gasteiger partial charge is 0.264 e. The molecule has 0 aromatic heterocycles. The Hall–Kier alpha value is -4.56. The Kier molecular flexibility index (Phi) is 9.29. The molecule has 3 rings (SSSR count). The molecule has 0 saturated carbocycles. The molecular formula is C27H28N4O6S. The van der Waals surface area contributed by atoms with Crippen LogP contribution < -0.4 is 23.9 Å². The lowest BCUT2D eigenvalue weighted by atomic mass is 10.1. The maximum absolute atomic E-state index is 13.7. The van der Waals surface area contributed by atoms with Gasteiger partial charge in [-0.1, -0.05) is 6.07 Å². The predicted molar refractivity (Wildman–Crippen MR) is 143 cm³/mol. The SMILES string of the molecule is COc1ccc(S(=O)(=O)N(CC(=O)N/N=C\c2ccc(OCC#N)cc2)c2cc(C)cc(C)c2)cc1OC. The lowest BCUT2D eigenvalue weighted by Gasteiger charge is -2.25. The van der Waals surface area contributed by atoms with Crippen LogP contribution in [0.1, 0.15) is 16.7 Å². The second-order valence-electron chi connectivity index (χ2n) is 8.18. The van der Waals surface area contributed by atoms with Crippen LogP contribution in [0, 0.1) is 25.2 Å². The summed E-state index contributed by atoms with van der Waals surface area (Å²) in [4.78, 5) is 12.8. The summed E-state index contributed by atoms with van der Waals surface area (Å²) in [6.45, 7) is 3.11. The number of nitrogens with zero attached hydrogens (tertiary/aromatic N) is 3. The number of carbonyl (C=O) groups is 1. The highest BCUT2D eigenvalue weighted by molar-refractivity contribution is 7.92. The van der Waals surface area contributed by atoms with Crippen LogP contribution in [0.25, 0.3) is 0 Å². The van der Waals surface area contributed by atoms with Crippen LogP contribution in [0.15, 0.2) is 70.7 Å². The number of carbonyl (C=O) groups excluding carboxylic acids is 1. The molecule has 0 bridgehead atoms. The lowest BCUT2D eigenvalue weighted by Crippen LogP contribution is -2.39. The number of benzene rings is 3. The van der Waals surface area contributed by atoms with Crippen LogP contribution in [0.4, 0.5) is 5.69 Å². The van der Waals surface area contributed by atoms with Crippen molar-refractivity contribution in [3.05, 3.63) is 77.4 Å². The molecule has 0 heterocycles. The van der Waals surface area contributed by atoms with Gasteiger partial charge in [-0.15, -0.1) is 0 Å². The minimum absolute atomic E-state index is 0.0628. The van der Waals surface area contributed by atoms with E-state index in [0.717, 1.165) is 15.4 Å². The van der Waals surface area contributed by atoms with E-state index >= 15 is 0 Å². The second-order valence-corrected chi connectivity index (χ2v) is 10.0. The first-order valence-electron chi connectivity index (χ1n) is 11.4. The first-order valence-corrected chi connectivity index (χ1v) is 12.9. The highest BCUT2D eigenvalue weighted by Gasteiger charge is 2.28. The third-order valence-electron chi connectivity index (χ3n) is 5.31. The fourth-order valence-corrected chi connectivity index (χ4v) is 5.04. The van der Waals surface area contributed by atoms with E-state index < -0.39 is 22.5 Å². The van der Waals surface area contributed by atoms with Crippen LogP contribution in [-0.4, -0.2) is 47.9 Å². The summed E-state index contributed by atoms with van der Waals surface area (Å²) in [5, 5.41) is 12.5. The maximum Gasteiger partial charge on any atom is 0.264 e. The first-order chi connectivity index (χ1) is 18.2. The zero-order valence-electron chi connectivity index (χ0n) is 21.5. The molecule has 1 N–H and O–H groups in total. The standard InChI is InChI=1S/C27H28N4O6S/c1-19-13-20(2)15-22(14-19)31(38(33,34)24-9-10-25(35-3)26(16-24)36-4)18-27(32)30-29-17-21-5-7-23(8-6-21)37-12-11-28/h5-10,13-17H,12,18H2,1-4H3,(H,30,32)/b29-17-. The van der Waals surface area contributed by atoms with Gasteiger partial charge in [0.15, 0.2) is 18.1 Å². The average Bonchev–Trinajstić information content (AvgIpc) is 2.90. The van der Waals surface area contributed by atoms with E-state index in [-0.39, 0.29) is 17.3 Å². The van der Waals surface area contributed by atoms with E-state index in [1.807, 2.05) is 26.0 Å². The van der Waals surface area contributed by atoms with Crippen molar-refractivity contribution in [2.45, 2.75) is 18.7 Å². The van der Waals surface area contributed by atoms with Gasteiger partial charge in [0.2, 0.25) is 0 Å². The van der Waals surface area contributed by atoms with Crippen molar-refractivity contribution >= 4 is 27.8 Å². The van der Waals surface area contributed by atoms with Crippen molar-refractivity contribution in [2.75, 3.05) is 31.7 Å². The van der Waals surface area contributed by atoms with E-state index in [1.165, 1.54) is 38.6 Å². The van der Waals surface area contributed by atoms with Crippen LogP contribution in [0.5, 0.6) is 17.2 Å².